The Kier molecular flexibility index (Phi) is 5.49. The Labute approximate surface area is 110 Å². The number of esters is 1. The molecular formula is C9H7Cl2F3N2O2. The van der Waals surface area contributed by atoms with Crippen LogP contribution < -0.4 is 0 Å². The highest BCUT2D eigenvalue weighted by atomic mass is 35.5. The number of rotatable bonds is 5. The summed E-state index contributed by atoms with van der Waals surface area (Å²) in [6, 6.07) is 0. The standard InChI is InChI=1S/C9H7Cl2F3N2O2/c10-7-8(11)16(4-15-7)3-6(17)18-2-1-5(12)9(13)14/h4H,1-3H2. The van der Waals surface area contributed by atoms with Crippen molar-refractivity contribution in [2.24, 2.45) is 0 Å². The number of halogens is 5. The Hall–Kier alpha value is -1.21. The number of hydrogen-bond donors (Lipinski definition) is 0. The highest BCUT2D eigenvalue weighted by molar-refractivity contribution is 6.40. The smallest absolute Gasteiger partial charge is 0.326 e. The van der Waals surface area contributed by atoms with E-state index in [1.54, 1.807) is 0 Å². The van der Waals surface area contributed by atoms with Crippen LogP contribution in [0.2, 0.25) is 10.3 Å². The predicted molar refractivity (Wildman–Crippen MR) is 58.2 cm³/mol. The van der Waals surface area contributed by atoms with Crippen LogP contribution in [0, 0.1) is 0 Å². The lowest BCUT2D eigenvalue weighted by molar-refractivity contribution is -0.144. The van der Waals surface area contributed by atoms with Crippen LogP contribution in [-0.2, 0) is 16.1 Å². The van der Waals surface area contributed by atoms with Crippen molar-refractivity contribution < 1.29 is 22.7 Å². The molecule has 100 valence electrons. The molecular weight excluding hydrogens is 296 g/mol. The summed E-state index contributed by atoms with van der Waals surface area (Å²) in [6.07, 6.45) is -1.88. The normalized spacial score (nSPS) is 10.3. The zero-order valence-electron chi connectivity index (χ0n) is 8.80. The molecule has 0 aromatic carbocycles. The summed E-state index contributed by atoms with van der Waals surface area (Å²) in [5.74, 6) is -2.37. The maximum Gasteiger partial charge on any atom is 0.326 e. The summed E-state index contributed by atoms with van der Waals surface area (Å²) < 4.78 is 41.4. The van der Waals surface area contributed by atoms with Crippen LogP contribution in [0.3, 0.4) is 0 Å². The predicted octanol–water partition coefficient (Wildman–Crippen LogP) is 3.20. The van der Waals surface area contributed by atoms with Crippen molar-refractivity contribution in [3.05, 3.63) is 28.5 Å². The van der Waals surface area contributed by atoms with Gasteiger partial charge in [-0.1, -0.05) is 23.2 Å². The van der Waals surface area contributed by atoms with Crippen LogP contribution in [0.1, 0.15) is 6.42 Å². The highest BCUT2D eigenvalue weighted by Gasteiger charge is 2.12. The molecule has 0 fully saturated rings. The van der Waals surface area contributed by atoms with Gasteiger partial charge in [0.1, 0.15) is 11.7 Å². The number of hydrogen-bond acceptors (Lipinski definition) is 3. The molecule has 0 bridgehead atoms. The summed E-state index contributed by atoms with van der Waals surface area (Å²) in [5.41, 5.74) is 0. The Morgan fingerprint density at radius 3 is 2.56 bits per heavy atom. The third-order valence-corrected chi connectivity index (χ3v) is 2.59. The van der Waals surface area contributed by atoms with Gasteiger partial charge in [0.15, 0.2) is 11.0 Å². The van der Waals surface area contributed by atoms with Crippen LogP contribution in [0.15, 0.2) is 18.2 Å². The van der Waals surface area contributed by atoms with Gasteiger partial charge in [0, 0.05) is 6.42 Å². The first kappa shape index (κ1) is 14.8. The van der Waals surface area contributed by atoms with Crippen molar-refractivity contribution in [3.63, 3.8) is 0 Å². The van der Waals surface area contributed by atoms with Crippen molar-refractivity contribution in [1.29, 1.82) is 0 Å². The molecule has 0 amide bonds. The van der Waals surface area contributed by atoms with Gasteiger partial charge in [-0.15, -0.1) is 0 Å². The molecule has 1 aromatic heterocycles. The van der Waals surface area contributed by atoms with E-state index in [4.69, 9.17) is 23.2 Å². The fourth-order valence-electron chi connectivity index (χ4n) is 0.987. The summed E-state index contributed by atoms with van der Waals surface area (Å²) in [4.78, 5) is 14.8. The first-order chi connectivity index (χ1) is 8.41. The molecule has 9 heteroatoms. The first-order valence-electron chi connectivity index (χ1n) is 4.63. The minimum atomic E-state index is -2.42. The second-order valence-corrected chi connectivity index (χ2v) is 3.81. The number of nitrogens with zero attached hydrogens (tertiary/aromatic N) is 2. The molecule has 0 N–H and O–H groups in total. The van der Waals surface area contributed by atoms with Crippen molar-refractivity contribution in [1.82, 2.24) is 9.55 Å². The maximum atomic E-state index is 12.4. The van der Waals surface area contributed by atoms with Crippen LogP contribution in [-0.4, -0.2) is 22.1 Å². The Bertz CT molecular complexity index is 472. The summed E-state index contributed by atoms with van der Waals surface area (Å²) in [7, 11) is 0. The van der Waals surface area contributed by atoms with Crippen molar-refractivity contribution >= 4 is 29.2 Å². The summed E-state index contributed by atoms with van der Waals surface area (Å²) in [5, 5.41) is 0.0763. The molecule has 0 saturated heterocycles. The third-order valence-electron chi connectivity index (χ3n) is 1.82. The van der Waals surface area contributed by atoms with Crippen LogP contribution in [0.4, 0.5) is 13.2 Å². The number of carbonyl (C=O) groups excluding carboxylic acids is 1. The quantitative estimate of drug-likeness (QED) is 0.785. The van der Waals surface area contributed by atoms with E-state index in [-0.39, 0.29) is 16.9 Å². The van der Waals surface area contributed by atoms with Crippen molar-refractivity contribution in [2.75, 3.05) is 6.61 Å². The maximum absolute atomic E-state index is 12.4. The van der Waals surface area contributed by atoms with Gasteiger partial charge in [-0.25, -0.2) is 9.37 Å². The molecule has 1 rings (SSSR count). The average Bonchev–Trinajstić information content (AvgIpc) is 2.60. The average molecular weight is 303 g/mol. The van der Waals surface area contributed by atoms with Gasteiger partial charge in [0.2, 0.25) is 0 Å². The van der Waals surface area contributed by atoms with E-state index in [0.29, 0.717) is 0 Å². The van der Waals surface area contributed by atoms with E-state index in [1.165, 1.54) is 10.9 Å². The van der Waals surface area contributed by atoms with E-state index in [0.717, 1.165) is 0 Å². The Morgan fingerprint density at radius 2 is 2.06 bits per heavy atom. The van der Waals surface area contributed by atoms with Crippen LogP contribution >= 0.6 is 23.2 Å². The van der Waals surface area contributed by atoms with E-state index < -0.39 is 30.9 Å². The van der Waals surface area contributed by atoms with Gasteiger partial charge < -0.3 is 9.30 Å². The van der Waals surface area contributed by atoms with Gasteiger partial charge in [0.05, 0.1) is 12.9 Å². The fourth-order valence-corrected chi connectivity index (χ4v) is 1.29. The molecule has 0 unspecified atom stereocenters. The lowest BCUT2D eigenvalue weighted by atomic mass is 10.4. The molecule has 0 radical (unpaired) electrons. The van der Waals surface area contributed by atoms with Crippen molar-refractivity contribution in [2.45, 2.75) is 13.0 Å². The second-order valence-electron chi connectivity index (χ2n) is 3.09. The monoisotopic (exact) mass is 302 g/mol. The Morgan fingerprint density at radius 1 is 1.39 bits per heavy atom. The molecule has 0 aliphatic rings. The zero-order valence-corrected chi connectivity index (χ0v) is 10.3. The van der Waals surface area contributed by atoms with Gasteiger partial charge in [-0.2, -0.15) is 8.78 Å². The second kappa shape index (κ2) is 6.65. The molecule has 4 nitrogen and oxygen atoms in total. The number of ether oxygens (including phenoxy) is 1. The third kappa shape index (κ3) is 4.23. The van der Waals surface area contributed by atoms with E-state index in [9.17, 15) is 18.0 Å². The minimum absolute atomic E-state index is 0.0259. The molecule has 0 aliphatic carbocycles. The van der Waals surface area contributed by atoms with Crippen molar-refractivity contribution in [3.8, 4) is 0 Å². The molecule has 1 aromatic rings. The number of carbonyl (C=O) groups is 1. The van der Waals surface area contributed by atoms with E-state index in [2.05, 4.69) is 9.72 Å². The molecule has 0 spiro atoms. The molecule has 0 saturated carbocycles. The fraction of sp³-hybridized carbons (Fsp3) is 0.333. The molecule has 0 atom stereocenters. The molecule has 0 aliphatic heterocycles. The molecule has 1 heterocycles. The lowest BCUT2D eigenvalue weighted by Gasteiger charge is -2.05. The summed E-state index contributed by atoms with van der Waals surface area (Å²) in [6.45, 7) is -0.774. The number of aromatic nitrogens is 2. The topological polar surface area (TPSA) is 44.1 Å². The van der Waals surface area contributed by atoms with Gasteiger partial charge in [0.25, 0.3) is 0 Å². The minimum Gasteiger partial charge on any atom is -0.464 e. The van der Waals surface area contributed by atoms with E-state index in [1.807, 2.05) is 0 Å². The van der Waals surface area contributed by atoms with Gasteiger partial charge in [-0.05, 0) is 0 Å². The summed E-state index contributed by atoms with van der Waals surface area (Å²) >= 11 is 11.2. The van der Waals surface area contributed by atoms with Crippen LogP contribution in [0.25, 0.3) is 0 Å². The lowest BCUT2D eigenvalue weighted by Crippen LogP contribution is -2.13. The highest BCUT2D eigenvalue weighted by Crippen LogP contribution is 2.19. The van der Waals surface area contributed by atoms with Gasteiger partial charge in [-0.3, -0.25) is 4.79 Å². The Balaban J connectivity index is 2.39. The molecule has 18 heavy (non-hydrogen) atoms. The first-order valence-corrected chi connectivity index (χ1v) is 5.38. The number of imidazole rings is 1. The zero-order chi connectivity index (χ0) is 13.7. The van der Waals surface area contributed by atoms with E-state index >= 15 is 0 Å². The SMILES string of the molecule is O=C(Cn1cnc(Cl)c1Cl)OCCC(F)=C(F)F. The van der Waals surface area contributed by atoms with Gasteiger partial charge >= 0.3 is 12.0 Å². The van der Waals surface area contributed by atoms with Crippen LogP contribution in [0.5, 0.6) is 0 Å². The largest absolute Gasteiger partial charge is 0.464 e.